The molecule has 0 unspecified atom stereocenters. The number of pyridine rings is 1. The second-order valence-electron chi connectivity index (χ2n) is 3.94. The highest BCUT2D eigenvalue weighted by molar-refractivity contribution is 6.30. The van der Waals surface area contributed by atoms with Gasteiger partial charge < -0.3 is 4.90 Å². The Kier molecular flexibility index (Phi) is 1.89. The topological polar surface area (TPSA) is 19.4 Å². The number of fused-ring (bicyclic) bond motifs is 2. The Balaban J connectivity index is 1.83. The lowest BCUT2D eigenvalue weighted by molar-refractivity contribution is 0.109. The number of hydrogen-bond acceptors (Lipinski definition) is 3. The van der Waals surface area contributed by atoms with Crippen LogP contribution in [0.25, 0.3) is 0 Å². The van der Waals surface area contributed by atoms with Crippen molar-refractivity contribution in [3.8, 4) is 0 Å². The molecule has 0 atom stereocenters. The van der Waals surface area contributed by atoms with Crippen LogP contribution in [-0.2, 0) is 0 Å². The highest BCUT2D eigenvalue weighted by Gasteiger charge is 2.36. The van der Waals surface area contributed by atoms with Crippen molar-refractivity contribution < 1.29 is 0 Å². The number of anilines is 1. The number of hydrogen-bond donors (Lipinski definition) is 0. The lowest BCUT2D eigenvalue weighted by atomic mass is 10.0. The van der Waals surface area contributed by atoms with Gasteiger partial charge in [-0.1, -0.05) is 11.6 Å². The van der Waals surface area contributed by atoms with Crippen molar-refractivity contribution in [2.75, 3.05) is 31.1 Å². The maximum Gasteiger partial charge on any atom is 0.128 e. The molecule has 0 saturated carbocycles. The molecule has 4 heterocycles. The Morgan fingerprint density at radius 3 is 2.71 bits per heavy atom. The summed E-state index contributed by atoms with van der Waals surface area (Å²) in [5, 5.41) is 0.709. The summed E-state index contributed by atoms with van der Waals surface area (Å²) in [7, 11) is 0. The van der Waals surface area contributed by atoms with Gasteiger partial charge in [-0.05, 0) is 12.1 Å². The average Bonchev–Trinajstić information content (AvgIpc) is 2.18. The summed E-state index contributed by atoms with van der Waals surface area (Å²) in [6.07, 6.45) is 1.72. The Bertz CT molecular complexity index is 329. The normalized spacial score (nSPS) is 29.9. The summed E-state index contributed by atoms with van der Waals surface area (Å²) in [5.74, 6) is 1.07. The quantitative estimate of drug-likeness (QED) is 0.694. The molecule has 3 aliphatic heterocycles. The summed E-state index contributed by atoms with van der Waals surface area (Å²) in [6, 6.07) is 4.60. The number of piperazine rings is 2. The van der Waals surface area contributed by atoms with Gasteiger partial charge in [0, 0.05) is 32.4 Å². The zero-order valence-electron chi connectivity index (χ0n) is 7.86. The van der Waals surface area contributed by atoms with Crippen LogP contribution in [0.15, 0.2) is 18.3 Å². The molecule has 0 N–H and O–H groups in total. The fourth-order valence-electron chi connectivity index (χ4n) is 2.19. The maximum absolute atomic E-state index is 5.81. The van der Waals surface area contributed by atoms with E-state index in [0.717, 1.165) is 12.4 Å². The molecular weight excluding hydrogens is 198 g/mol. The first-order chi connectivity index (χ1) is 6.83. The molecule has 1 aromatic rings. The molecule has 3 saturated heterocycles. The third-order valence-electron chi connectivity index (χ3n) is 3.04. The van der Waals surface area contributed by atoms with Crippen molar-refractivity contribution >= 4 is 17.4 Å². The largest absolute Gasteiger partial charge is 0.350 e. The fourth-order valence-corrected chi connectivity index (χ4v) is 2.31. The van der Waals surface area contributed by atoms with Crippen LogP contribution in [0.1, 0.15) is 0 Å². The molecule has 0 spiro atoms. The zero-order chi connectivity index (χ0) is 9.54. The van der Waals surface area contributed by atoms with Crippen LogP contribution in [0.2, 0.25) is 5.02 Å². The van der Waals surface area contributed by atoms with Crippen molar-refractivity contribution in [3.05, 3.63) is 23.4 Å². The van der Waals surface area contributed by atoms with E-state index in [1.165, 1.54) is 19.6 Å². The van der Waals surface area contributed by atoms with Gasteiger partial charge in [-0.2, -0.15) is 0 Å². The predicted octanol–water partition coefficient (Wildman–Crippen LogP) is 1.24. The molecule has 2 bridgehead atoms. The van der Waals surface area contributed by atoms with E-state index in [0.29, 0.717) is 11.1 Å². The highest BCUT2D eigenvalue weighted by Crippen LogP contribution is 2.25. The van der Waals surface area contributed by atoms with Crippen LogP contribution >= 0.6 is 11.6 Å². The Labute approximate surface area is 88.3 Å². The Hall–Kier alpha value is -0.800. The molecule has 3 fully saturated rings. The molecule has 0 amide bonds. The van der Waals surface area contributed by atoms with Gasteiger partial charge in [0.25, 0.3) is 0 Å². The van der Waals surface area contributed by atoms with E-state index in [1.807, 2.05) is 12.1 Å². The summed E-state index contributed by atoms with van der Waals surface area (Å²) in [6.45, 7) is 4.66. The monoisotopic (exact) mass is 209 g/mol. The molecule has 74 valence electrons. The van der Waals surface area contributed by atoms with Crippen LogP contribution in [0, 0.1) is 0 Å². The first-order valence-corrected chi connectivity index (χ1v) is 5.31. The summed E-state index contributed by atoms with van der Waals surface area (Å²) in [5.41, 5.74) is 0. The lowest BCUT2D eigenvalue weighted by Crippen LogP contribution is -2.66. The molecule has 4 heteroatoms. The molecule has 14 heavy (non-hydrogen) atoms. The van der Waals surface area contributed by atoms with E-state index >= 15 is 0 Å². The number of nitrogens with zero attached hydrogens (tertiary/aromatic N) is 3. The van der Waals surface area contributed by atoms with Gasteiger partial charge in [-0.3, -0.25) is 4.90 Å². The van der Waals surface area contributed by atoms with E-state index in [-0.39, 0.29) is 0 Å². The minimum Gasteiger partial charge on any atom is -0.350 e. The van der Waals surface area contributed by atoms with Gasteiger partial charge >= 0.3 is 0 Å². The van der Waals surface area contributed by atoms with Crippen molar-refractivity contribution in [1.29, 1.82) is 0 Å². The molecule has 0 radical (unpaired) electrons. The highest BCUT2D eigenvalue weighted by atomic mass is 35.5. The Morgan fingerprint density at radius 2 is 2.14 bits per heavy atom. The van der Waals surface area contributed by atoms with Crippen LogP contribution in [0.5, 0.6) is 0 Å². The minimum atomic E-state index is 0.678. The lowest BCUT2D eigenvalue weighted by Gasteiger charge is -2.51. The molecule has 3 nitrogen and oxygen atoms in total. The number of halogens is 1. The van der Waals surface area contributed by atoms with Crippen LogP contribution in [0.3, 0.4) is 0 Å². The van der Waals surface area contributed by atoms with Crippen LogP contribution in [0.4, 0.5) is 5.82 Å². The van der Waals surface area contributed by atoms with E-state index in [2.05, 4.69) is 14.8 Å². The fraction of sp³-hybridized carbons (Fsp3) is 0.500. The third kappa shape index (κ3) is 1.28. The van der Waals surface area contributed by atoms with E-state index in [1.54, 1.807) is 6.20 Å². The second-order valence-corrected chi connectivity index (χ2v) is 4.38. The third-order valence-corrected chi connectivity index (χ3v) is 3.27. The summed E-state index contributed by atoms with van der Waals surface area (Å²) in [4.78, 5) is 9.21. The second kappa shape index (κ2) is 3.11. The van der Waals surface area contributed by atoms with Gasteiger partial charge in [0.15, 0.2) is 0 Å². The number of rotatable bonds is 1. The van der Waals surface area contributed by atoms with Crippen LogP contribution < -0.4 is 4.90 Å². The molecular formula is C10H12ClN3. The van der Waals surface area contributed by atoms with Crippen molar-refractivity contribution in [1.82, 2.24) is 9.88 Å². The molecule has 1 aromatic heterocycles. The van der Waals surface area contributed by atoms with Gasteiger partial charge in [0.05, 0.1) is 11.1 Å². The maximum atomic E-state index is 5.81. The van der Waals surface area contributed by atoms with E-state index in [9.17, 15) is 0 Å². The minimum absolute atomic E-state index is 0.678. The van der Waals surface area contributed by atoms with Crippen LogP contribution in [-0.4, -0.2) is 42.1 Å². The number of aromatic nitrogens is 1. The molecule has 3 aliphatic rings. The molecule has 4 rings (SSSR count). The van der Waals surface area contributed by atoms with E-state index < -0.39 is 0 Å². The smallest absolute Gasteiger partial charge is 0.128 e. The summed E-state index contributed by atoms with van der Waals surface area (Å²) < 4.78 is 0. The van der Waals surface area contributed by atoms with Gasteiger partial charge in [0.2, 0.25) is 0 Å². The van der Waals surface area contributed by atoms with Crippen molar-refractivity contribution in [2.45, 2.75) is 6.04 Å². The first kappa shape index (κ1) is 8.50. The van der Waals surface area contributed by atoms with Gasteiger partial charge in [-0.25, -0.2) is 4.98 Å². The van der Waals surface area contributed by atoms with Crippen molar-refractivity contribution in [3.63, 3.8) is 0 Å². The van der Waals surface area contributed by atoms with E-state index in [4.69, 9.17) is 11.6 Å². The first-order valence-electron chi connectivity index (χ1n) is 4.93. The SMILES string of the molecule is Clc1ccc(N2CCN3CC2C3)nc1. The Morgan fingerprint density at radius 1 is 1.29 bits per heavy atom. The predicted molar refractivity (Wildman–Crippen MR) is 56.8 cm³/mol. The van der Waals surface area contributed by atoms with Gasteiger partial charge in [-0.15, -0.1) is 0 Å². The average molecular weight is 210 g/mol. The van der Waals surface area contributed by atoms with Crippen molar-refractivity contribution in [2.24, 2.45) is 0 Å². The zero-order valence-corrected chi connectivity index (χ0v) is 8.61. The van der Waals surface area contributed by atoms with Gasteiger partial charge in [0.1, 0.15) is 5.82 Å². The molecule has 0 aromatic carbocycles. The standard InChI is InChI=1S/C10H12ClN3/c11-8-1-2-10(12-5-8)14-4-3-13-6-9(14)7-13/h1-2,5,9H,3-4,6-7H2. The summed E-state index contributed by atoms with van der Waals surface area (Å²) >= 11 is 5.81. The molecule has 0 aliphatic carbocycles.